The monoisotopic (exact) mass is 205 g/mol. The van der Waals surface area contributed by atoms with E-state index < -0.39 is 0 Å². The maximum atomic E-state index is 5.90. The van der Waals surface area contributed by atoms with Crippen molar-refractivity contribution in [2.75, 3.05) is 0 Å². The number of hydrogen-bond donors (Lipinski definition) is 1. The molecule has 0 spiro atoms. The van der Waals surface area contributed by atoms with Crippen LogP contribution in [0.1, 0.15) is 40.3 Å². The van der Waals surface area contributed by atoms with E-state index in [4.69, 9.17) is 5.73 Å². The van der Waals surface area contributed by atoms with E-state index in [0.717, 1.165) is 6.42 Å². The lowest BCUT2D eigenvalue weighted by Gasteiger charge is -2.19. The molecule has 2 N–H and O–H groups in total. The Kier molecular flexibility index (Phi) is 3.56. The lowest BCUT2D eigenvalue weighted by molar-refractivity contribution is 0.729. The Labute approximate surface area is 93.7 Å². The average Bonchev–Trinajstić information content (AvgIpc) is 2.18. The number of benzene rings is 1. The lowest BCUT2D eigenvalue weighted by atomic mass is 9.87. The molecule has 0 bridgehead atoms. The molecule has 15 heavy (non-hydrogen) atoms. The van der Waals surface area contributed by atoms with Gasteiger partial charge >= 0.3 is 0 Å². The maximum Gasteiger partial charge on any atom is 0.00511 e. The van der Waals surface area contributed by atoms with Gasteiger partial charge < -0.3 is 5.73 Å². The fourth-order valence-electron chi connectivity index (χ4n) is 2.21. The molecular formula is C14H23N. The van der Waals surface area contributed by atoms with Crippen LogP contribution in [0, 0.1) is 34.6 Å². The number of rotatable bonds is 2. The summed E-state index contributed by atoms with van der Waals surface area (Å²) in [6, 6.07) is 0.240. The van der Waals surface area contributed by atoms with Gasteiger partial charge in [0, 0.05) is 6.04 Å². The van der Waals surface area contributed by atoms with Gasteiger partial charge in [-0.25, -0.2) is 0 Å². The van der Waals surface area contributed by atoms with Crippen molar-refractivity contribution in [2.24, 2.45) is 5.73 Å². The summed E-state index contributed by atoms with van der Waals surface area (Å²) in [6.45, 7) is 13.1. The van der Waals surface area contributed by atoms with Crippen molar-refractivity contribution in [3.8, 4) is 0 Å². The molecule has 0 fully saturated rings. The van der Waals surface area contributed by atoms with Crippen LogP contribution < -0.4 is 5.73 Å². The maximum absolute atomic E-state index is 5.90. The summed E-state index contributed by atoms with van der Waals surface area (Å²) in [5.41, 5.74) is 14.5. The fourth-order valence-corrected chi connectivity index (χ4v) is 2.21. The van der Waals surface area contributed by atoms with Crippen LogP contribution in [0.4, 0.5) is 0 Å². The van der Waals surface area contributed by atoms with Crippen LogP contribution >= 0.6 is 0 Å². The summed E-state index contributed by atoms with van der Waals surface area (Å²) >= 11 is 0. The largest absolute Gasteiger partial charge is 0.328 e. The Morgan fingerprint density at radius 2 is 1.13 bits per heavy atom. The molecule has 0 aliphatic carbocycles. The van der Waals surface area contributed by atoms with Crippen molar-refractivity contribution >= 4 is 0 Å². The third-order valence-corrected chi connectivity index (χ3v) is 3.68. The molecule has 0 saturated heterocycles. The van der Waals surface area contributed by atoms with E-state index in [9.17, 15) is 0 Å². The Balaban J connectivity index is 3.39. The van der Waals surface area contributed by atoms with Gasteiger partial charge in [0.1, 0.15) is 0 Å². The molecule has 0 saturated carbocycles. The highest BCUT2D eigenvalue weighted by atomic mass is 14.6. The van der Waals surface area contributed by atoms with Gasteiger partial charge in [-0.2, -0.15) is 0 Å². The summed E-state index contributed by atoms with van der Waals surface area (Å²) in [7, 11) is 0. The normalized spacial score (nSPS) is 13.0. The molecule has 84 valence electrons. The molecule has 1 aromatic rings. The molecule has 1 nitrogen and oxygen atoms in total. The van der Waals surface area contributed by atoms with Crippen molar-refractivity contribution in [1.29, 1.82) is 0 Å². The van der Waals surface area contributed by atoms with Crippen LogP contribution in [0.25, 0.3) is 0 Å². The third-order valence-electron chi connectivity index (χ3n) is 3.68. The van der Waals surface area contributed by atoms with Gasteiger partial charge in [0.15, 0.2) is 0 Å². The second kappa shape index (κ2) is 4.36. The Morgan fingerprint density at radius 3 is 1.47 bits per heavy atom. The molecule has 0 aliphatic rings. The van der Waals surface area contributed by atoms with Crippen LogP contribution in [0.2, 0.25) is 0 Å². The van der Waals surface area contributed by atoms with Gasteiger partial charge in [0.25, 0.3) is 0 Å². The second-order valence-corrected chi connectivity index (χ2v) is 4.78. The van der Waals surface area contributed by atoms with E-state index in [0.29, 0.717) is 0 Å². The molecule has 0 heterocycles. The molecule has 0 aromatic heterocycles. The van der Waals surface area contributed by atoms with Crippen molar-refractivity contribution in [1.82, 2.24) is 0 Å². The second-order valence-electron chi connectivity index (χ2n) is 4.78. The lowest BCUT2D eigenvalue weighted by Crippen LogP contribution is -2.20. The van der Waals surface area contributed by atoms with E-state index in [1.165, 1.54) is 33.4 Å². The SMILES string of the molecule is Cc1c(C)c(C)c(CC(C)N)c(C)c1C. The average molecular weight is 205 g/mol. The Hall–Kier alpha value is -0.820. The van der Waals surface area contributed by atoms with Crippen molar-refractivity contribution < 1.29 is 0 Å². The molecule has 1 rings (SSSR count). The van der Waals surface area contributed by atoms with E-state index in [1.807, 2.05) is 0 Å². The Bertz CT molecular complexity index is 346. The zero-order chi connectivity index (χ0) is 11.7. The predicted molar refractivity (Wildman–Crippen MR) is 67.5 cm³/mol. The van der Waals surface area contributed by atoms with E-state index in [1.54, 1.807) is 0 Å². The minimum atomic E-state index is 0.240. The van der Waals surface area contributed by atoms with Gasteiger partial charge in [-0.05, 0) is 81.3 Å². The molecule has 0 radical (unpaired) electrons. The first-order valence-corrected chi connectivity index (χ1v) is 5.67. The van der Waals surface area contributed by atoms with Gasteiger partial charge in [0.05, 0.1) is 0 Å². The van der Waals surface area contributed by atoms with Crippen LogP contribution in [-0.2, 0) is 6.42 Å². The summed E-state index contributed by atoms with van der Waals surface area (Å²) in [4.78, 5) is 0. The van der Waals surface area contributed by atoms with Gasteiger partial charge in [-0.1, -0.05) is 0 Å². The minimum absolute atomic E-state index is 0.240. The first kappa shape index (κ1) is 12.3. The van der Waals surface area contributed by atoms with Crippen molar-refractivity contribution in [3.05, 3.63) is 33.4 Å². The van der Waals surface area contributed by atoms with Crippen LogP contribution in [-0.4, -0.2) is 6.04 Å². The molecular weight excluding hydrogens is 182 g/mol. The molecule has 1 aromatic carbocycles. The van der Waals surface area contributed by atoms with E-state index >= 15 is 0 Å². The van der Waals surface area contributed by atoms with Crippen LogP contribution in [0.15, 0.2) is 0 Å². The summed E-state index contributed by atoms with van der Waals surface area (Å²) in [5.74, 6) is 0. The smallest absolute Gasteiger partial charge is 0.00511 e. The van der Waals surface area contributed by atoms with Crippen LogP contribution in [0.5, 0.6) is 0 Å². The van der Waals surface area contributed by atoms with E-state index in [2.05, 4.69) is 41.5 Å². The predicted octanol–water partition coefficient (Wildman–Crippen LogP) is 3.12. The Morgan fingerprint density at radius 1 is 0.800 bits per heavy atom. The third kappa shape index (κ3) is 2.23. The first-order valence-electron chi connectivity index (χ1n) is 5.67. The standard InChI is InChI=1S/C14H23N/c1-8(15)7-14-12(5)10(3)9(2)11(4)13(14)6/h8H,7,15H2,1-6H3. The summed E-state index contributed by atoms with van der Waals surface area (Å²) in [5, 5.41) is 0. The number of hydrogen-bond acceptors (Lipinski definition) is 1. The highest BCUT2D eigenvalue weighted by Gasteiger charge is 2.12. The molecule has 1 heteroatoms. The quantitative estimate of drug-likeness (QED) is 0.788. The molecule has 0 amide bonds. The minimum Gasteiger partial charge on any atom is -0.328 e. The molecule has 0 aliphatic heterocycles. The number of nitrogens with two attached hydrogens (primary N) is 1. The zero-order valence-corrected chi connectivity index (χ0v) is 10.9. The fraction of sp³-hybridized carbons (Fsp3) is 0.571. The van der Waals surface area contributed by atoms with Crippen LogP contribution in [0.3, 0.4) is 0 Å². The van der Waals surface area contributed by atoms with Crippen molar-refractivity contribution in [2.45, 2.75) is 54.0 Å². The summed E-state index contributed by atoms with van der Waals surface area (Å²) in [6.07, 6.45) is 0.986. The molecule has 1 atom stereocenters. The van der Waals surface area contributed by atoms with E-state index in [-0.39, 0.29) is 6.04 Å². The molecule has 1 unspecified atom stereocenters. The van der Waals surface area contributed by atoms with Gasteiger partial charge in [-0.3, -0.25) is 0 Å². The first-order chi connectivity index (χ1) is 6.86. The summed E-state index contributed by atoms with van der Waals surface area (Å²) < 4.78 is 0. The zero-order valence-electron chi connectivity index (χ0n) is 10.9. The van der Waals surface area contributed by atoms with Gasteiger partial charge in [-0.15, -0.1) is 0 Å². The topological polar surface area (TPSA) is 26.0 Å². The highest BCUT2D eigenvalue weighted by molar-refractivity contribution is 5.49. The van der Waals surface area contributed by atoms with Crippen molar-refractivity contribution in [3.63, 3.8) is 0 Å². The van der Waals surface area contributed by atoms with Gasteiger partial charge in [0.2, 0.25) is 0 Å². The highest BCUT2D eigenvalue weighted by Crippen LogP contribution is 2.26.